The molecular formula is C14H21N5O2S2. The Morgan fingerprint density at radius 2 is 2.30 bits per heavy atom. The molecule has 0 spiro atoms. The third kappa shape index (κ3) is 4.37. The molecule has 3 heterocycles. The summed E-state index contributed by atoms with van der Waals surface area (Å²) in [6.07, 6.45) is 3.71. The van der Waals surface area contributed by atoms with Gasteiger partial charge in [-0.15, -0.1) is 11.3 Å². The Balaban J connectivity index is 1.67. The van der Waals surface area contributed by atoms with E-state index in [9.17, 15) is 8.42 Å². The number of rotatable bonds is 6. The molecule has 1 N–H and O–H groups in total. The van der Waals surface area contributed by atoms with Crippen LogP contribution in [0.25, 0.3) is 0 Å². The van der Waals surface area contributed by atoms with Crippen molar-refractivity contribution in [2.24, 2.45) is 0 Å². The number of nitrogens with one attached hydrogen (secondary N) is 1. The highest BCUT2D eigenvalue weighted by Gasteiger charge is 2.25. The van der Waals surface area contributed by atoms with Crippen molar-refractivity contribution in [1.82, 2.24) is 24.4 Å². The fourth-order valence-corrected chi connectivity index (χ4v) is 4.01. The van der Waals surface area contributed by atoms with E-state index in [1.54, 1.807) is 11.3 Å². The van der Waals surface area contributed by atoms with Crippen molar-refractivity contribution < 1.29 is 8.42 Å². The maximum absolute atomic E-state index is 11.2. The van der Waals surface area contributed by atoms with Crippen molar-refractivity contribution in [3.8, 4) is 0 Å². The normalized spacial score (nSPS) is 19.0. The fraction of sp³-hybridized carbons (Fsp3) is 0.571. The molecule has 0 amide bonds. The Morgan fingerprint density at radius 1 is 1.48 bits per heavy atom. The second kappa shape index (κ2) is 6.68. The fourth-order valence-electron chi connectivity index (χ4n) is 2.92. The van der Waals surface area contributed by atoms with Crippen LogP contribution >= 0.6 is 11.3 Å². The summed E-state index contributed by atoms with van der Waals surface area (Å²) in [5.41, 5.74) is 2.25. The van der Waals surface area contributed by atoms with Crippen LogP contribution in [0.1, 0.15) is 28.9 Å². The maximum Gasteiger partial charge on any atom is 0.208 e. The van der Waals surface area contributed by atoms with Gasteiger partial charge in [0.15, 0.2) is 0 Å². The molecule has 0 fully saturated rings. The molecule has 0 saturated heterocycles. The lowest BCUT2D eigenvalue weighted by molar-refractivity contribution is 0.160. The van der Waals surface area contributed by atoms with Gasteiger partial charge in [-0.1, -0.05) is 0 Å². The van der Waals surface area contributed by atoms with Gasteiger partial charge in [-0.3, -0.25) is 9.58 Å². The van der Waals surface area contributed by atoms with Crippen molar-refractivity contribution in [3.63, 3.8) is 0 Å². The van der Waals surface area contributed by atoms with Gasteiger partial charge in [0.2, 0.25) is 10.0 Å². The Morgan fingerprint density at radius 3 is 3.00 bits per heavy atom. The zero-order valence-electron chi connectivity index (χ0n) is 13.3. The van der Waals surface area contributed by atoms with Crippen molar-refractivity contribution in [3.05, 3.63) is 34.0 Å². The van der Waals surface area contributed by atoms with Crippen molar-refractivity contribution in [2.75, 3.05) is 19.3 Å². The molecule has 7 nitrogen and oxygen atoms in total. The predicted molar refractivity (Wildman–Crippen MR) is 89.7 cm³/mol. The molecule has 0 bridgehead atoms. The first-order valence-electron chi connectivity index (χ1n) is 7.51. The van der Waals surface area contributed by atoms with Crippen LogP contribution < -0.4 is 4.72 Å². The summed E-state index contributed by atoms with van der Waals surface area (Å²) >= 11 is 1.67. The number of hydrogen-bond acceptors (Lipinski definition) is 6. The number of aryl methyl sites for hydroxylation is 1. The van der Waals surface area contributed by atoms with E-state index in [0.717, 1.165) is 36.0 Å². The van der Waals surface area contributed by atoms with Crippen LogP contribution in [0.2, 0.25) is 0 Å². The summed E-state index contributed by atoms with van der Waals surface area (Å²) in [7, 11) is -3.15. The minimum absolute atomic E-state index is 0.169. The van der Waals surface area contributed by atoms with Crippen LogP contribution in [-0.4, -0.2) is 47.4 Å². The number of nitrogens with zero attached hydrogens (tertiary/aromatic N) is 4. The number of aromatic nitrogens is 3. The summed E-state index contributed by atoms with van der Waals surface area (Å²) in [5.74, 6) is 0. The molecule has 0 radical (unpaired) electrons. The average Bonchev–Trinajstić information content (AvgIpc) is 3.06. The van der Waals surface area contributed by atoms with Gasteiger partial charge in [-0.2, -0.15) is 5.10 Å². The van der Waals surface area contributed by atoms with E-state index in [1.165, 1.54) is 6.26 Å². The number of fused-ring (bicyclic) bond motifs is 1. The average molecular weight is 355 g/mol. The van der Waals surface area contributed by atoms with Gasteiger partial charge in [0.05, 0.1) is 28.7 Å². The van der Waals surface area contributed by atoms with E-state index in [0.29, 0.717) is 13.0 Å². The van der Waals surface area contributed by atoms with Crippen molar-refractivity contribution >= 4 is 21.4 Å². The van der Waals surface area contributed by atoms with Crippen LogP contribution in [0, 0.1) is 6.92 Å². The Hall–Kier alpha value is -1.29. The first kappa shape index (κ1) is 16.6. The highest BCUT2D eigenvalue weighted by atomic mass is 32.2. The molecule has 1 aliphatic heterocycles. The molecule has 9 heteroatoms. The molecule has 1 aliphatic rings. The Labute approximate surface area is 140 Å². The lowest BCUT2D eigenvalue weighted by Crippen LogP contribution is -2.38. The smallest absolute Gasteiger partial charge is 0.208 e. The molecule has 126 valence electrons. The van der Waals surface area contributed by atoms with Crippen LogP contribution in [0.5, 0.6) is 0 Å². The quantitative estimate of drug-likeness (QED) is 0.841. The van der Waals surface area contributed by atoms with Gasteiger partial charge in [-0.25, -0.2) is 18.1 Å². The minimum Gasteiger partial charge on any atom is -0.290 e. The first-order chi connectivity index (χ1) is 10.9. The number of thiazole rings is 1. The maximum atomic E-state index is 11.2. The van der Waals surface area contributed by atoms with Crippen molar-refractivity contribution in [1.29, 1.82) is 0 Å². The molecule has 2 aromatic heterocycles. The molecule has 1 unspecified atom stereocenters. The van der Waals surface area contributed by atoms with E-state index >= 15 is 0 Å². The van der Waals surface area contributed by atoms with Crippen LogP contribution in [0.4, 0.5) is 0 Å². The second-order valence-electron chi connectivity index (χ2n) is 5.90. The molecule has 0 aliphatic carbocycles. The molecule has 0 aromatic carbocycles. The molecular weight excluding hydrogens is 334 g/mol. The molecule has 0 saturated carbocycles. The van der Waals surface area contributed by atoms with E-state index in [-0.39, 0.29) is 6.04 Å². The van der Waals surface area contributed by atoms with Crippen LogP contribution in [-0.2, 0) is 23.1 Å². The van der Waals surface area contributed by atoms with E-state index < -0.39 is 10.0 Å². The van der Waals surface area contributed by atoms with Crippen LogP contribution in [0.3, 0.4) is 0 Å². The zero-order valence-corrected chi connectivity index (χ0v) is 14.9. The van der Waals surface area contributed by atoms with E-state index in [4.69, 9.17) is 0 Å². The number of sulfonamides is 1. The predicted octanol–water partition coefficient (Wildman–Crippen LogP) is 1.14. The summed E-state index contributed by atoms with van der Waals surface area (Å²) in [6.45, 7) is 4.93. The second-order valence-corrected chi connectivity index (χ2v) is 8.80. The Bertz CT molecular complexity index is 768. The standard InChI is InChI=1S/C14H21N5O2S2/c1-11-17-12(10-22-11)7-18-8-13-3-5-15-19(13)14(9-18)4-6-16-23(2,20)21/h3,5,10,14,16H,4,6-9H2,1-2H3. The van der Waals surface area contributed by atoms with Gasteiger partial charge in [-0.05, 0) is 19.4 Å². The minimum atomic E-state index is -3.15. The van der Waals surface area contributed by atoms with Gasteiger partial charge in [0.1, 0.15) is 0 Å². The third-order valence-corrected chi connectivity index (χ3v) is 5.40. The SMILES string of the molecule is Cc1nc(CN2Cc3ccnn3C(CCNS(C)(=O)=O)C2)cs1. The van der Waals surface area contributed by atoms with Crippen molar-refractivity contribution in [2.45, 2.75) is 32.5 Å². The molecule has 1 atom stereocenters. The van der Waals surface area contributed by atoms with Gasteiger partial charge in [0, 0.05) is 37.8 Å². The Kier molecular flexibility index (Phi) is 4.81. The summed E-state index contributed by atoms with van der Waals surface area (Å²) in [6, 6.07) is 2.19. The molecule has 2 aromatic rings. The van der Waals surface area contributed by atoms with Crippen LogP contribution in [0.15, 0.2) is 17.6 Å². The first-order valence-corrected chi connectivity index (χ1v) is 10.3. The van der Waals surface area contributed by atoms with E-state index in [1.807, 2.05) is 23.9 Å². The number of hydrogen-bond donors (Lipinski definition) is 1. The lowest BCUT2D eigenvalue weighted by atomic mass is 10.1. The zero-order chi connectivity index (χ0) is 16.4. The van der Waals surface area contributed by atoms with Gasteiger partial charge < -0.3 is 0 Å². The third-order valence-electron chi connectivity index (χ3n) is 3.85. The summed E-state index contributed by atoms with van der Waals surface area (Å²) < 4.78 is 27.0. The summed E-state index contributed by atoms with van der Waals surface area (Å²) in [4.78, 5) is 6.87. The topological polar surface area (TPSA) is 80.1 Å². The molecule has 3 rings (SSSR count). The largest absolute Gasteiger partial charge is 0.290 e. The van der Waals surface area contributed by atoms with Gasteiger partial charge >= 0.3 is 0 Å². The molecule has 23 heavy (non-hydrogen) atoms. The highest BCUT2D eigenvalue weighted by Crippen LogP contribution is 2.24. The van der Waals surface area contributed by atoms with E-state index in [2.05, 4.69) is 25.1 Å². The monoisotopic (exact) mass is 355 g/mol. The van der Waals surface area contributed by atoms with Gasteiger partial charge in [0.25, 0.3) is 0 Å². The summed E-state index contributed by atoms with van der Waals surface area (Å²) in [5, 5.41) is 7.58. The lowest BCUT2D eigenvalue weighted by Gasteiger charge is -2.33. The highest BCUT2D eigenvalue weighted by molar-refractivity contribution is 7.88.